The summed E-state index contributed by atoms with van der Waals surface area (Å²) in [6, 6.07) is -0.404. The van der Waals surface area contributed by atoms with Crippen molar-refractivity contribution in [3.8, 4) is 0 Å². The molecule has 0 radical (unpaired) electrons. The van der Waals surface area contributed by atoms with E-state index in [0.717, 1.165) is 6.42 Å². The highest BCUT2D eigenvalue weighted by Crippen LogP contribution is 2.16. The Morgan fingerprint density at radius 2 is 1.94 bits per heavy atom. The summed E-state index contributed by atoms with van der Waals surface area (Å²) in [6.07, 6.45) is 2.47. The van der Waals surface area contributed by atoms with E-state index in [2.05, 4.69) is 20.4 Å². The van der Waals surface area contributed by atoms with Gasteiger partial charge >= 0.3 is 0 Å². The lowest BCUT2D eigenvalue weighted by Crippen LogP contribution is -2.52. The van der Waals surface area contributed by atoms with E-state index in [1.165, 1.54) is 0 Å². The van der Waals surface area contributed by atoms with Crippen LogP contribution >= 0.6 is 0 Å². The topological polar surface area (TPSA) is 46.3 Å². The lowest BCUT2D eigenvalue weighted by atomic mass is 10.00. The van der Waals surface area contributed by atoms with E-state index in [-0.39, 0.29) is 11.4 Å². The summed E-state index contributed by atoms with van der Waals surface area (Å²) in [5.74, 6) is 0.450. The number of carbonyl (C=O) groups excluding carboxylic acids is 1. The van der Waals surface area contributed by atoms with Crippen molar-refractivity contribution in [1.29, 1.82) is 0 Å². The zero-order valence-corrected chi connectivity index (χ0v) is 11.3. The fourth-order valence-electron chi connectivity index (χ4n) is 1.63. The zero-order valence-electron chi connectivity index (χ0n) is 11.3. The summed E-state index contributed by atoms with van der Waals surface area (Å²) in [5.41, 5.74) is 5.71. The molecule has 0 aliphatic heterocycles. The molecule has 0 spiro atoms. The lowest BCUT2D eigenvalue weighted by Gasteiger charge is -2.37. The van der Waals surface area contributed by atoms with Gasteiger partial charge < -0.3 is 10.6 Å². The van der Waals surface area contributed by atoms with E-state index >= 15 is 0 Å². The minimum Gasteiger partial charge on any atom is -0.333 e. The smallest absolute Gasteiger partial charge is 0.240 e. The summed E-state index contributed by atoms with van der Waals surface area (Å²) >= 11 is 0. The molecule has 0 rings (SSSR count). The molecule has 0 unspecified atom stereocenters. The highest BCUT2D eigenvalue weighted by molar-refractivity contribution is 5.82. The van der Waals surface area contributed by atoms with E-state index in [4.69, 9.17) is 5.73 Å². The van der Waals surface area contributed by atoms with E-state index in [0.29, 0.717) is 12.5 Å². The molecule has 1 amide bonds. The molecule has 94 valence electrons. The second-order valence-electron chi connectivity index (χ2n) is 5.64. The van der Waals surface area contributed by atoms with E-state index in [1.807, 2.05) is 20.8 Å². The fraction of sp³-hybridized carbons (Fsp3) is 0.769. The van der Waals surface area contributed by atoms with Gasteiger partial charge in [0, 0.05) is 12.1 Å². The zero-order chi connectivity index (χ0) is 12.9. The van der Waals surface area contributed by atoms with Crippen LogP contribution in [0.3, 0.4) is 0 Å². The number of hydrogen-bond acceptors (Lipinski definition) is 2. The van der Waals surface area contributed by atoms with Crippen molar-refractivity contribution in [1.82, 2.24) is 4.90 Å². The first-order chi connectivity index (χ1) is 7.20. The second kappa shape index (κ2) is 6.04. The van der Waals surface area contributed by atoms with Crippen LogP contribution in [0.25, 0.3) is 0 Å². The van der Waals surface area contributed by atoms with Crippen LogP contribution in [-0.2, 0) is 4.79 Å². The summed E-state index contributed by atoms with van der Waals surface area (Å²) in [4.78, 5) is 14.0. The van der Waals surface area contributed by atoms with E-state index in [1.54, 1.807) is 11.0 Å². The van der Waals surface area contributed by atoms with Crippen molar-refractivity contribution in [2.45, 2.75) is 52.6 Å². The molecule has 0 aromatic rings. The van der Waals surface area contributed by atoms with E-state index < -0.39 is 6.04 Å². The molecule has 3 nitrogen and oxygen atoms in total. The van der Waals surface area contributed by atoms with Crippen LogP contribution in [0.1, 0.15) is 41.0 Å². The van der Waals surface area contributed by atoms with Crippen molar-refractivity contribution in [2.75, 3.05) is 6.54 Å². The van der Waals surface area contributed by atoms with Gasteiger partial charge in [-0.25, -0.2) is 0 Å². The van der Waals surface area contributed by atoms with Crippen LogP contribution in [0.4, 0.5) is 0 Å². The quantitative estimate of drug-likeness (QED) is 0.730. The SMILES string of the molecule is C=CCN(C(=O)[C@@H](N)CC(C)C)C(C)(C)C. The Morgan fingerprint density at radius 3 is 2.25 bits per heavy atom. The maximum atomic E-state index is 12.2. The largest absolute Gasteiger partial charge is 0.333 e. The molecule has 0 bridgehead atoms. The summed E-state index contributed by atoms with van der Waals surface area (Å²) in [7, 11) is 0. The number of carbonyl (C=O) groups is 1. The number of amides is 1. The highest BCUT2D eigenvalue weighted by Gasteiger charge is 2.29. The van der Waals surface area contributed by atoms with Gasteiger partial charge in [0.25, 0.3) is 0 Å². The molecule has 0 aromatic heterocycles. The van der Waals surface area contributed by atoms with Gasteiger partial charge in [-0.3, -0.25) is 4.79 Å². The third-order valence-electron chi connectivity index (χ3n) is 2.43. The molecule has 0 fully saturated rings. The predicted molar refractivity (Wildman–Crippen MR) is 69.1 cm³/mol. The molecule has 0 saturated heterocycles. The summed E-state index contributed by atoms with van der Waals surface area (Å²) in [5, 5.41) is 0. The lowest BCUT2D eigenvalue weighted by molar-refractivity contribution is -0.137. The molecule has 16 heavy (non-hydrogen) atoms. The van der Waals surface area contributed by atoms with Crippen LogP contribution in [-0.4, -0.2) is 28.9 Å². The van der Waals surface area contributed by atoms with E-state index in [9.17, 15) is 4.79 Å². The van der Waals surface area contributed by atoms with Crippen molar-refractivity contribution >= 4 is 5.91 Å². The Morgan fingerprint density at radius 1 is 1.44 bits per heavy atom. The van der Waals surface area contributed by atoms with Gasteiger partial charge in [0.2, 0.25) is 5.91 Å². The summed E-state index contributed by atoms with van der Waals surface area (Å²) < 4.78 is 0. The maximum Gasteiger partial charge on any atom is 0.240 e. The molecule has 0 saturated carbocycles. The standard InChI is InChI=1S/C13H26N2O/c1-7-8-15(13(4,5)6)12(16)11(14)9-10(2)3/h7,10-11H,1,8-9,14H2,2-6H3/t11-/m0/s1. The Hall–Kier alpha value is -0.830. The van der Waals surface area contributed by atoms with Gasteiger partial charge in [-0.1, -0.05) is 19.9 Å². The first kappa shape index (κ1) is 15.2. The average Bonchev–Trinajstić information content (AvgIpc) is 2.10. The molecule has 1 atom stereocenters. The van der Waals surface area contributed by atoms with Crippen LogP contribution in [0, 0.1) is 5.92 Å². The Kier molecular flexibility index (Phi) is 5.73. The van der Waals surface area contributed by atoms with Crippen LogP contribution in [0.5, 0.6) is 0 Å². The van der Waals surface area contributed by atoms with Crippen LogP contribution < -0.4 is 5.73 Å². The molecule has 0 heterocycles. The molecule has 0 aromatic carbocycles. The van der Waals surface area contributed by atoms with Crippen molar-refractivity contribution in [3.63, 3.8) is 0 Å². The van der Waals surface area contributed by atoms with Gasteiger partial charge in [0.1, 0.15) is 0 Å². The number of nitrogens with two attached hydrogens (primary N) is 1. The van der Waals surface area contributed by atoms with Gasteiger partial charge in [-0.15, -0.1) is 6.58 Å². The van der Waals surface area contributed by atoms with Gasteiger partial charge in [-0.05, 0) is 33.1 Å². The van der Waals surface area contributed by atoms with Crippen LogP contribution in [0.15, 0.2) is 12.7 Å². The Bertz CT molecular complexity index is 241. The van der Waals surface area contributed by atoms with Gasteiger partial charge in [0.05, 0.1) is 6.04 Å². The third-order valence-corrected chi connectivity index (χ3v) is 2.43. The molecule has 0 aliphatic rings. The monoisotopic (exact) mass is 226 g/mol. The molecular weight excluding hydrogens is 200 g/mol. The highest BCUT2D eigenvalue weighted by atomic mass is 16.2. The number of nitrogens with zero attached hydrogens (tertiary/aromatic N) is 1. The molecular formula is C13H26N2O. The normalized spacial score (nSPS) is 13.7. The Balaban J connectivity index is 4.67. The molecule has 2 N–H and O–H groups in total. The van der Waals surface area contributed by atoms with Crippen molar-refractivity contribution in [2.24, 2.45) is 11.7 Å². The van der Waals surface area contributed by atoms with Crippen molar-refractivity contribution < 1.29 is 4.79 Å². The average molecular weight is 226 g/mol. The first-order valence-corrected chi connectivity index (χ1v) is 5.88. The Labute approximate surface area is 99.7 Å². The summed E-state index contributed by atoms with van der Waals surface area (Å²) in [6.45, 7) is 14.4. The third kappa shape index (κ3) is 4.79. The fourth-order valence-corrected chi connectivity index (χ4v) is 1.63. The number of hydrogen-bond donors (Lipinski definition) is 1. The second-order valence-corrected chi connectivity index (χ2v) is 5.64. The predicted octanol–water partition coefficient (Wildman–Crippen LogP) is 2.17. The van der Waals surface area contributed by atoms with Crippen molar-refractivity contribution in [3.05, 3.63) is 12.7 Å². The minimum absolute atomic E-state index is 0.0149. The first-order valence-electron chi connectivity index (χ1n) is 5.88. The van der Waals surface area contributed by atoms with Gasteiger partial charge in [-0.2, -0.15) is 0 Å². The van der Waals surface area contributed by atoms with Gasteiger partial charge in [0.15, 0.2) is 0 Å². The minimum atomic E-state index is -0.404. The molecule has 3 heteroatoms. The maximum absolute atomic E-state index is 12.2. The van der Waals surface area contributed by atoms with Crippen LogP contribution in [0.2, 0.25) is 0 Å². The molecule has 0 aliphatic carbocycles. The number of rotatable bonds is 5.